The molecule has 57 heavy (non-hydrogen) atoms. The van der Waals surface area contributed by atoms with Crippen LogP contribution in [0.25, 0.3) is 27.8 Å². The first-order valence-corrected chi connectivity index (χ1v) is 22.1. The smallest absolute Gasteiger partial charge is 0.0652 e. The van der Waals surface area contributed by atoms with Crippen LogP contribution in [0.4, 0.5) is 22.7 Å². The normalized spacial score (nSPS) is 14.5. The van der Waals surface area contributed by atoms with Gasteiger partial charge >= 0.3 is 0 Å². The molecule has 2 aliphatic heterocycles. The van der Waals surface area contributed by atoms with Gasteiger partial charge in [-0.15, -0.1) is 0 Å². The molecule has 294 valence electrons. The van der Waals surface area contributed by atoms with E-state index in [1.165, 1.54) is 82.6 Å². The Morgan fingerprint density at radius 2 is 1.00 bits per heavy atom. The molecule has 2 heterocycles. The maximum Gasteiger partial charge on any atom is 0.0652 e. The predicted molar refractivity (Wildman–Crippen MR) is 255 cm³/mol. The number of benzene rings is 6. The van der Waals surface area contributed by atoms with Crippen molar-refractivity contribution in [3.05, 3.63) is 179 Å². The van der Waals surface area contributed by atoms with Crippen LogP contribution in [0.5, 0.6) is 0 Å². The highest BCUT2D eigenvalue weighted by Crippen LogP contribution is 2.55. The first kappa shape index (κ1) is 42.9. The van der Waals surface area contributed by atoms with Crippen molar-refractivity contribution in [1.82, 2.24) is 0 Å². The number of para-hydroxylation sites is 2. The van der Waals surface area contributed by atoms with Crippen molar-refractivity contribution in [3.63, 3.8) is 0 Å². The van der Waals surface area contributed by atoms with E-state index < -0.39 is 0 Å². The lowest BCUT2D eigenvalue weighted by Gasteiger charge is -2.39. The monoisotopic (exact) mass is 770 g/mol. The molecule has 0 radical (unpaired) electrons. The first-order chi connectivity index (χ1) is 28.1. The molecule has 0 aromatic heterocycles. The Kier molecular flexibility index (Phi) is 15.6. The van der Waals surface area contributed by atoms with Crippen molar-refractivity contribution >= 4 is 40.1 Å². The molecule has 6 aromatic carbocycles. The second-order valence-corrected chi connectivity index (χ2v) is 14.4. The molecule has 3 aliphatic rings. The molecule has 2 nitrogen and oxygen atoms in total. The summed E-state index contributed by atoms with van der Waals surface area (Å²) in [5, 5.41) is 0. The van der Waals surface area contributed by atoms with Gasteiger partial charge in [0.25, 0.3) is 0 Å². The highest BCUT2D eigenvalue weighted by molar-refractivity contribution is 8.03. The Morgan fingerprint density at radius 3 is 1.61 bits per heavy atom. The summed E-state index contributed by atoms with van der Waals surface area (Å²) in [6.07, 6.45) is 5.78. The molecule has 0 bridgehead atoms. The third kappa shape index (κ3) is 8.85. The number of fused-ring (bicyclic) bond motifs is 4. The van der Waals surface area contributed by atoms with Crippen LogP contribution in [-0.4, -0.2) is 13.1 Å². The van der Waals surface area contributed by atoms with Gasteiger partial charge in [-0.1, -0.05) is 176 Å². The van der Waals surface area contributed by atoms with Crippen LogP contribution in [0.2, 0.25) is 0 Å². The van der Waals surface area contributed by atoms with E-state index in [1.807, 2.05) is 67.2 Å². The van der Waals surface area contributed by atoms with Crippen LogP contribution in [0.1, 0.15) is 90.0 Å². The molecule has 9 rings (SSSR count). The molecule has 0 N–H and O–H groups in total. The van der Waals surface area contributed by atoms with Crippen molar-refractivity contribution in [3.8, 4) is 22.3 Å². The maximum atomic E-state index is 2.47. The second-order valence-electron chi connectivity index (χ2n) is 13.3. The minimum absolute atomic E-state index is 0.489. The Hall–Kier alpha value is -5.25. The molecule has 0 saturated heterocycles. The molecule has 1 atom stereocenters. The van der Waals surface area contributed by atoms with Crippen LogP contribution < -0.4 is 9.80 Å². The van der Waals surface area contributed by atoms with E-state index in [-0.39, 0.29) is 0 Å². The van der Waals surface area contributed by atoms with Gasteiger partial charge in [-0.25, -0.2) is 0 Å². The van der Waals surface area contributed by atoms with E-state index >= 15 is 0 Å². The number of thioether (sulfide) groups is 1. The Labute approximate surface area is 349 Å². The van der Waals surface area contributed by atoms with Gasteiger partial charge in [0.1, 0.15) is 0 Å². The van der Waals surface area contributed by atoms with Gasteiger partial charge in [-0.3, -0.25) is 0 Å². The lowest BCUT2D eigenvalue weighted by atomic mass is 9.87. The summed E-state index contributed by atoms with van der Waals surface area (Å²) >= 11 is 1.96. The molecule has 0 amide bonds. The topological polar surface area (TPSA) is 6.48 Å². The van der Waals surface area contributed by atoms with Gasteiger partial charge in [0.15, 0.2) is 0 Å². The summed E-state index contributed by atoms with van der Waals surface area (Å²) in [7, 11) is 0. The van der Waals surface area contributed by atoms with E-state index in [0.29, 0.717) is 5.92 Å². The van der Waals surface area contributed by atoms with Crippen molar-refractivity contribution in [2.45, 2.75) is 86.5 Å². The van der Waals surface area contributed by atoms with Crippen LogP contribution in [0, 0.1) is 13.8 Å². The fraction of sp³-hybridized carbons (Fsp3) is 0.259. The standard InChI is InChI=1S/C46H38N2S.4C2H6/c1-31-11-3-4-12-37(31)39-15-9-14-38(32(39)2)33-21-25-35(26-22-33)47-29-30-48(44-19-7-6-18-43(44)47)36-27-23-34(24-28-36)40-16-10-17-42-41-13-5-8-20-45(41)49-46(40)42;4*1-2/h3-16,18-28,42H,17,29-30H2,1-2H3;4*1-2H3. The SMILES string of the molecule is CC.CC.CC.CC.Cc1ccccc1-c1cccc(-c2ccc(N3CCN(c4ccc(C5=C6Sc7ccccc7C6CC=C5)cc4)c4ccccc43)cc2)c1C. The Balaban J connectivity index is 0.000000732. The molecule has 0 fully saturated rings. The van der Waals surface area contributed by atoms with Crippen molar-refractivity contribution in [2.24, 2.45) is 0 Å². The Bertz CT molecular complexity index is 2260. The van der Waals surface area contributed by atoms with E-state index in [9.17, 15) is 0 Å². The van der Waals surface area contributed by atoms with Crippen LogP contribution in [0.15, 0.2) is 161 Å². The summed E-state index contributed by atoms with van der Waals surface area (Å²) in [6, 6.07) is 51.5. The fourth-order valence-electron chi connectivity index (χ4n) is 7.97. The number of anilines is 4. The van der Waals surface area contributed by atoms with Gasteiger partial charge in [-0.05, 0) is 113 Å². The van der Waals surface area contributed by atoms with Gasteiger partial charge in [0, 0.05) is 40.2 Å². The molecular formula is C54H62N2S. The van der Waals surface area contributed by atoms with Crippen LogP contribution in [-0.2, 0) is 0 Å². The van der Waals surface area contributed by atoms with Crippen LogP contribution >= 0.6 is 11.8 Å². The van der Waals surface area contributed by atoms with Gasteiger partial charge in [0.2, 0.25) is 0 Å². The van der Waals surface area contributed by atoms with Gasteiger partial charge in [-0.2, -0.15) is 0 Å². The predicted octanol–water partition coefficient (Wildman–Crippen LogP) is 16.6. The number of hydrogen-bond acceptors (Lipinski definition) is 3. The molecule has 0 saturated carbocycles. The zero-order valence-corrected chi connectivity index (χ0v) is 36.8. The van der Waals surface area contributed by atoms with E-state index in [4.69, 9.17) is 0 Å². The summed E-state index contributed by atoms with van der Waals surface area (Å²) in [4.78, 5) is 7.85. The van der Waals surface area contributed by atoms with Crippen LogP contribution in [0.3, 0.4) is 0 Å². The molecule has 6 aromatic rings. The van der Waals surface area contributed by atoms with Gasteiger partial charge in [0.05, 0.1) is 11.4 Å². The second kappa shape index (κ2) is 20.8. The zero-order valence-electron chi connectivity index (χ0n) is 35.9. The van der Waals surface area contributed by atoms with E-state index in [1.54, 1.807) is 0 Å². The molecule has 0 spiro atoms. The zero-order chi connectivity index (χ0) is 40.9. The lowest BCUT2D eigenvalue weighted by Crippen LogP contribution is -2.36. The summed E-state index contributed by atoms with van der Waals surface area (Å²) in [6.45, 7) is 22.3. The maximum absolute atomic E-state index is 2.47. The van der Waals surface area contributed by atoms with E-state index in [2.05, 4.69) is 175 Å². The number of hydrogen-bond donors (Lipinski definition) is 0. The first-order valence-electron chi connectivity index (χ1n) is 21.3. The lowest BCUT2D eigenvalue weighted by molar-refractivity contribution is 0.840. The number of rotatable bonds is 5. The molecular weight excluding hydrogens is 709 g/mol. The fourth-order valence-corrected chi connectivity index (χ4v) is 9.34. The molecule has 1 unspecified atom stereocenters. The largest absolute Gasteiger partial charge is 0.338 e. The summed E-state index contributed by atoms with van der Waals surface area (Å²) in [5.41, 5.74) is 16.9. The van der Waals surface area contributed by atoms with Crippen molar-refractivity contribution < 1.29 is 0 Å². The van der Waals surface area contributed by atoms with Crippen molar-refractivity contribution in [1.29, 1.82) is 0 Å². The third-order valence-corrected chi connectivity index (χ3v) is 11.8. The number of allylic oxidation sites excluding steroid dienone is 4. The van der Waals surface area contributed by atoms with E-state index in [0.717, 1.165) is 19.5 Å². The molecule has 1 aliphatic carbocycles. The summed E-state index contributed by atoms with van der Waals surface area (Å²) in [5.74, 6) is 0.489. The quantitative estimate of drug-likeness (QED) is 0.172. The highest BCUT2D eigenvalue weighted by Gasteiger charge is 2.31. The number of nitrogens with zero attached hydrogens (tertiary/aromatic N) is 2. The number of aryl methyl sites for hydroxylation is 1. The minimum Gasteiger partial charge on any atom is -0.338 e. The average molecular weight is 771 g/mol. The minimum atomic E-state index is 0.489. The van der Waals surface area contributed by atoms with Gasteiger partial charge < -0.3 is 9.80 Å². The highest BCUT2D eigenvalue weighted by atomic mass is 32.2. The Morgan fingerprint density at radius 1 is 0.491 bits per heavy atom. The summed E-state index contributed by atoms with van der Waals surface area (Å²) < 4.78 is 0. The average Bonchev–Trinajstić information content (AvgIpc) is 3.68. The third-order valence-electron chi connectivity index (χ3n) is 10.5. The molecule has 3 heteroatoms. The van der Waals surface area contributed by atoms with Crippen molar-refractivity contribution in [2.75, 3.05) is 22.9 Å².